The minimum atomic E-state index is -1.02. The van der Waals surface area contributed by atoms with Gasteiger partial charge in [0.15, 0.2) is 0 Å². The summed E-state index contributed by atoms with van der Waals surface area (Å²) in [5.41, 5.74) is -1.12. The molecule has 1 unspecified atom stereocenters. The lowest BCUT2D eigenvalue weighted by Crippen LogP contribution is -2.62. The number of carbonyl (C=O) groups is 6. The van der Waals surface area contributed by atoms with Crippen molar-refractivity contribution in [1.82, 2.24) is 36.4 Å². The monoisotopic (exact) mass is 629 g/mol. The number of nitrogens with one attached hydrogen (secondary N) is 5. The van der Waals surface area contributed by atoms with Gasteiger partial charge in [-0.25, -0.2) is 9.59 Å². The van der Waals surface area contributed by atoms with Crippen LogP contribution in [0.1, 0.15) is 67.2 Å². The normalized spacial score (nSPS) is 20.4. The summed E-state index contributed by atoms with van der Waals surface area (Å²) in [7, 11) is 0. The molecule has 1 saturated heterocycles. The van der Waals surface area contributed by atoms with Crippen LogP contribution in [0.15, 0.2) is 24.8 Å². The van der Waals surface area contributed by atoms with Crippen molar-refractivity contribution in [2.75, 3.05) is 32.7 Å². The average molecular weight is 630 g/mol. The largest absolute Gasteiger partial charge is 0.346 e. The molecule has 4 atom stereocenters. The quantitative estimate of drug-likeness (QED) is 0.153. The Bertz CT molecular complexity index is 1180. The minimum absolute atomic E-state index is 0.126. The predicted octanol–water partition coefficient (Wildman–Crippen LogP) is 1.45. The van der Waals surface area contributed by atoms with Gasteiger partial charge in [-0.2, -0.15) is 0 Å². The SMILES string of the molecule is C=CCNC(=O)C(=O)C(CC1CC1)NC(=O)[C@@H]1C=CCN1C(=O)[C@@H](NC(=O)N[C@H](CN1CCCNC1=O)C(C)(C)C)C(C)(C)C. The summed E-state index contributed by atoms with van der Waals surface area (Å²) in [5, 5.41) is 13.8. The van der Waals surface area contributed by atoms with Crippen LogP contribution in [0.2, 0.25) is 0 Å². The second-order valence-corrected chi connectivity index (χ2v) is 14.3. The first-order chi connectivity index (χ1) is 21.0. The number of Topliss-reactive ketones (excluding diaryl/α,β-unsaturated/α-hetero) is 1. The maximum Gasteiger partial charge on any atom is 0.317 e. The van der Waals surface area contributed by atoms with Gasteiger partial charge in [-0.05, 0) is 29.6 Å². The van der Waals surface area contributed by atoms with Gasteiger partial charge in [0.2, 0.25) is 17.6 Å². The summed E-state index contributed by atoms with van der Waals surface area (Å²) in [6.07, 6.45) is 7.73. The molecule has 13 heteroatoms. The van der Waals surface area contributed by atoms with Gasteiger partial charge in [-0.3, -0.25) is 19.2 Å². The third-order valence-electron chi connectivity index (χ3n) is 8.35. The smallest absolute Gasteiger partial charge is 0.317 e. The topological polar surface area (TPSA) is 169 Å². The van der Waals surface area contributed by atoms with Gasteiger partial charge >= 0.3 is 12.1 Å². The Morgan fingerprint density at radius 2 is 1.73 bits per heavy atom. The van der Waals surface area contributed by atoms with E-state index in [1.807, 2.05) is 41.5 Å². The van der Waals surface area contributed by atoms with E-state index in [2.05, 4.69) is 33.2 Å². The molecule has 3 rings (SSSR count). The Labute approximate surface area is 266 Å². The standard InChI is InChI=1S/C32H51N7O6/c1-8-14-33-27(42)24(40)21(18-20-12-13-20)35-26(41)22-11-9-17-39(22)28(43)25(32(5,6)7)37-29(44)36-23(31(2,3)4)19-38-16-10-15-34-30(38)45/h8-9,11,20-23,25H,1,10,12-19H2,2-7H3,(H,33,42)(H,34,45)(H,35,41)(H2,36,37,44)/t21?,22-,23+,25+/m0/s1. The molecule has 13 nitrogen and oxygen atoms in total. The van der Waals surface area contributed by atoms with Crippen LogP contribution >= 0.6 is 0 Å². The number of amides is 7. The predicted molar refractivity (Wildman–Crippen MR) is 170 cm³/mol. The van der Waals surface area contributed by atoms with Crippen molar-refractivity contribution in [1.29, 1.82) is 0 Å². The number of nitrogens with zero attached hydrogens (tertiary/aromatic N) is 2. The zero-order valence-corrected chi connectivity index (χ0v) is 27.5. The highest BCUT2D eigenvalue weighted by molar-refractivity contribution is 6.38. The van der Waals surface area contributed by atoms with Crippen LogP contribution in [0.25, 0.3) is 0 Å². The van der Waals surface area contributed by atoms with Gasteiger partial charge in [-0.15, -0.1) is 6.58 Å². The highest BCUT2D eigenvalue weighted by Gasteiger charge is 2.42. The lowest BCUT2D eigenvalue weighted by Gasteiger charge is -2.39. The van der Waals surface area contributed by atoms with Crippen LogP contribution in [0.4, 0.5) is 9.59 Å². The molecular weight excluding hydrogens is 578 g/mol. The minimum Gasteiger partial charge on any atom is -0.346 e. The summed E-state index contributed by atoms with van der Waals surface area (Å²) in [6, 6.07) is -4.18. The van der Waals surface area contributed by atoms with E-state index >= 15 is 0 Å². The number of rotatable bonds is 13. The van der Waals surface area contributed by atoms with Gasteiger partial charge in [0, 0.05) is 32.7 Å². The number of urea groups is 2. The van der Waals surface area contributed by atoms with E-state index in [4.69, 9.17) is 0 Å². The van der Waals surface area contributed by atoms with Crippen LogP contribution < -0.4 is 26.6 Å². The van der Waals surface area contributed by atoms with Gasteiger partial charge in [-0.1, -0.05) is 72.6 Å². The van der Waals surface area contributed by atoms with Crippen LogP contribution in [-0.2, 0) is 19.2 Å². The molecule has 0 aromatic heterocycles. The molecule has 1 aliphatic carbocycles. The Morgan fingerprint density at radius 3 is 2.31 bits per heavy atom. The molecule has 0 spiro atoms. The molecule has 0 bridgehead atoms. The fraction of sp³-hybridized carbons (Fsp3) is 0.688. The molecule has 5 N–H and O–H groups in total. The maximum atomic E-state index is 14.0. The Kier molecular flexibility index (Phi) is 11.8. The molecule has 45 heavy (non-hydrogen) atoms. The summed E-state index contributed by atoms with van der Waals surface area (Å²) in [5.74, 6) is -2.32. The van der Waals surface area contributed by atoms with Gasteiger partial charge in [0.1, 0.15) is 12.1 Å². The lowest BCUT2D eigenvalue weighted by molar-refractivity contribution is -0.143. The van der Waals surface area contributed by atoms with Crippen molar-refractivity contribution < 1.29 is 28.8 Å². The second-order valence-electron chi connectivity index (χ2n) is 14.3. The zero-order chi connectivity index (χ0) is 33.5. The van der Waals surface area contributed by atoms with Crippen molar-refractivity contribution in [3.8, 4) is 0 Å². The van der Waals surface area contributed by atoms with Crippen LogP contribution in [0, 0.1) is 16.7 Å². The van der Waals surface area contributed by atoms with E-state index in [9.17, 15) is 28.8 Å². The highest BCUT2D eigenvalue weighted by Crippen LogP contribution is 2.34. The molecule has 2 fully saturated rings. The zero-order valence-electron chi connectivity index (χ0n) is 27.5. The second kappa shape index (κ2) is 14.9. The first-order valence-corrected chi connectivity index (χ1v) is 15.8. The number of hydrogen-bond donors (Lipinski definition) is 5. The fourth-order valence-corrected chi connectivity index (χ4v) is 5.32. The molecule has 0 radical (unpaired) electrons. The van der Waals surface area contributed by atoms with Crippen LogP contribution in [0.3, 0.4) is 0 Å². The number of carbonyl (C=O) groups excluding carboxylic acids is 6. The third kappa shape index (κ3) is 10.1. The Hall–Kier alpha value is -3.90. The molecule has 250 valence electrons. The van der Waals surface area contributed by atoms with Crippen molar-refractivity contribution in [3.05, 3.63) is 24.8 Å². The van der Waals surface area contributed by atoms with Crippen molar-refractivity contribution in [3.63, 3.8) is 0 Å². The molecule has 7 amide bonds. The summed E-state index contributed by atoms with van der Waals surface area (Å²) < 4.78 is 0. The van der Waals surface area contributed by atoms with Crippen LogP contribution in [0.5, 0.6) is 0 Å². The lowest BCUT2D eigenvalue weighted by atomic mass is 9.85. The highest BCUT2D eigenvalue weighted by atomic mass is 16.2. The molecule has 0 aromatic rings. The van der Waals surface area contributed by atoms with E-state index in [0.29, 0.717) is 26.1 Å². The molecule has 2 aliphatic heterocycles. The number of ketones is 1. The van der Waals surface area contributed by atoms with E-state index in [1.54, 1.807) is 17.1 Å². The first-order valence-electron chi connectivity index (χ1n) is 15.8. The summed E-state index contributed by atoms with van der Waals surface area (Å²) in [4.78, 5) is 81.5. The summed E-state index contributed by atoms with van der Waals surface area (Å²) in [6.45, 7) is 16.7. The van der Waals surface area contributed by atoms with E-state index in [1.165, 1.54) is 11.0 Å². The Morgan fingerprint density at radius 1 is 1.04 bits per heavy atom. The Balaban J connectivity index is 1.71. The molecule has 0 aromatic carbocycles. The fourth-order valence-electron chi connectivity index (χ4n) is 5.32. The maximum absolute atomic E-state index is 14.0. The van der Waals surface area contributed by atoms with Crippen molar-refractivity contribution >= 4 is 35.6 Å². The van der Waals surface area contributed by atoms with E-state index < -0.39 is 64.5 Å². The molecule has 3 aliphatic rings. The van der Waals surface area contributed by atoms with Crippen LogP contribution in [-0.4, -0.2) is 102 Å². The average Bonchev–Trinajstić information content (AvgIpc) is 3.64. The van der Waals surface area contributed by atoms with Gasteiger partial charge < -0.3 is 36.4 Å². The first kappa shape index (κ1) is 35.6. The van der Waals surface area contributed by atoms with E-state index in [0.717, 1.165) is 19.3 Å². The van der Waals surface area contributed by atoms with Gasteiger partial charge in [0.25, 0.3) is 5.91 Å². The molecule has 2 heterocycles. The number of hydrogen-bond acceptors (Lipinski definition) is 6. The van der Waals surface area contributed by atoms with E-state index in [-0.39, 0.29) is 25.0 Å². The van der Waals surface area contributed by atoms with Crippen molar-refractivity contribution in [2.24, 2.45) is 16.7 Å². The van der Waals surface area contributed by atoms with Crippen molar-refractivity contribution in [2.45, 2.75) is 91.4 Å². The summed E-state index contributed by atoms with van der Waals surface area (Å²) >= 11 is 0. The van der Waals surface area contributed by atoms with Gasteiger partial charge in [0.05, 0.1) is 12.1 Å². The third-order valence-corrected chi connectivity index (χ3v) is 8.35. The molecule has 1 saturated carbocycles. The molecular formula is C32H51N7O6.